The molecule has 0 fully saturated rings. The minimum absolute atomic E-state index is 0.109. The first-order valence-corrected chi connectivity index (χ1v) is 8.82. The first-order chi connectivity index (χ1) is 13.7. The third kappa shape index (κ3) is 2.82. The van der Waals surface area contributed by atoms with E-state index < -0.39 is 28.9 Å². The maximum Gasteiger partial charge on any atom is 0.416 e. The number of esters is 1. The quantitative estimate of drug-likeness (QED) is 0.606. The van der Waals surface area contributed by atoms with E-state index in [0.29, 0.717) is 35.2 Å². The number of alkyl halides is 3. The third-order valence-electron chi connectivity index (χ3n) is 5.52. The van der Waals surface area contributed by atoms with Gasteiger partial charge in [0.15, 0.2) is 0 Å². The molecule has 1 aliphatic heterocycles. The van der Waals surface area contributed by atoms with Crippen LogP contribution in [-0.2, 0) is 21.1 Å². The lowest BCUT2D eigenvalue weighted by Gasteiger charge is -2.37. The monoisotopic (exact) mass is 404 g/mol. The van der Waals surface area contributed by atoms with E-state index in [0.717, 1.165) is 12.1 Å². The van der Waals surface area contributed by atoms with Gasteiger partial charge in [-0.1, -0.05) is 18.2 Å². The van der Waals surface area contributed by atoms with E-state index in [2.05, 4.69) is 4.99 Å². The highest BCUT2D eigenvalue weighted by molar-refractivity contribution is 6.04. The highest BCUT2D eigenvalue weighted by Gasteiger charge is 2.50. The summed E-state index contributed by atoms with van der Waals surface area (Å²) in [7, 11) is 1.24. The molecule has 1 atom stereocenters. The molecule has 0 bridgehead atoms. The van der Waals surface area contributed by atoms with Crippen molar-refractivity contribution in [2.75, 3.05) is 7.11 Å². The number of rotatable bonds is 2. The van der Waals surface area contributed by atoms with Gasteiger partial charge in [-0.15, -0.1) is 0 Å². The molecular weight excluding hydrogens is 388 g/mol. The lowest BCUT2D eigenvalue weighted by molar-refractivity contribution is -0.138. The smallest absolute Gasteiger partial charge is 0.416 e. The molecule has 150 valence electrons. The predicted molar refractivity (Wildman–Crippen MR) is 97.6 cm³/mol. The molecule has 1 aliphatic carbocycles. The Morgan fingerprint density at radius 1 is 1.17 bits per heavy atom. The van der Waals surface area contributed by atoms with Crippen LogP contribution in [0.4, 0.5) is 17.6 Å². The fourth-order valence-electron chi connectivity index (χ4n) is 4.21. The van der Waals surface area contributed by atoms with Crippen molar-refractivity contribution < 1.29 is 27.1 Å². The number of benzene rings is 2. The van der Waals surface area contributed by atoms with Crippen LogP contribution in [0.5, 0.6) is 0 Å². The summed E-state index contributed by atoms with van der Waals surface area (Å²) in [6, 6.07) is 8.95. The molecule has 0 saturated carbocycles. The fraction of sp³-hybridized carbons (Fsp3) is 0.238. The largest absolute Gasteiger partial charge is 0.466 e. The summed E-state index contributed by atoms with van der Waals surface area (Å²) < 4.78 is 58.1. The van der Waals surface area contributed by atoms with Crippen LogP contribution < -0.4 is 5.73 Å². The SMILES string of the molecule is COC(=O)C1=C2N=C(N)c3cc(C(F)(F)F)ccc3C2(c2ccc(F)cc2)CC1. The molecule has 1 heterocycles. The normalized spacial score (nSPS) is 20.8. The van der Waals surface area contributed by atoms with Crippen molar-refractivity contribution in [3.8, 4) is 0 Å². The molecule has 8 heteroatoms. The minimum Gasteiger partial charge on any atom is -0.466 e. The van der Waals surface area contributed by atoms with Gasteiger partial charge in [-0.3, -0.25) is 0 Å². The van der Waals surface area contributed by atoms with Crippen molar-refractivity contribution in [2.45, 2.75) is 24.4 Å². The number of carbonyl (C=O) groups is 1. The molecule has 1 unspecified atom stereocenters. The Morgan fingerprint density at radius 3 is 2.48 bits per heavy atom. The number of aliphatic imine (C=N–C) groups is 1. The number of methoxy groups -OCH3 is 1. The summed E-state index contributed by atoms with van der Waals surface area (Å²) in [5, 5.41) is 0. The van der Waals surface area contributed by atoms with Crippen molar-refractivity contribution in [3.05, 3.63) is 81.8 Å². The average molecular weight is 404 g/mol. The van der Waals surface area contributed by atoms with Crippen molar-refractivity contribution in [3.63, 3.8) is 0 Å². The Kier molecular flexibility index (Phi) is 4.25. The van der Waals surface area contributed by atoms with Gasteiger partial charge in [0.05, 0.1) is 29.4 Å². The van der Waals surface area contributed by atoms with E-state index in [1.54, 1.807) is 12.1 Å². The standard InChI is InChI=1S/C21H16F4N2O2/c1-29-19(28)14-8-9-20(11-2-5-13(22)6-3-11)16-7-4-12(21(23,24)25)10-15(16)18(26)27-17(14)20/h2-7,10H,8-9H2,1H3,(H2,26,27). The Hall–Kier alpha value is -3.16. The van der Waals surface area contributed by atoms with E-state index >= 15 is 0 Å². The molecule has 29 heavy (non-hydrogen) atoms. The number of hydrogen-bond donors (Lipinski definition) is 1. The van der Waals surface area contributed by atoms with E-state index in [1.165, 1.54) is 25.3 Å². The summed E-state index contributed by atoms with van der Waals surface area (Å²) >= 11 is 0. The zero-order valence-electron chi connectivity index (χ0n) is 15.3. The Morgan fingerprint density at radius 2 is 1.86 bits per heavy atom. The highest BCUT2D eigenvalue weighted by Crippen LogP contribution is 2.54. The first kappa shape index (κ1) is 19.2. The number of ether oxygens (including phenoxy) is 1. The molecule has 2 aromatic rings. The summed E-state index contributed by atoms with van der Waals surface area (Å²) in [6.07, 6.45) is -3.87. The summed E-state index contributed by atoms with van der Waals surface area (Å²) in [4.78, 5) is 16.6. The van der Waals surface area contributed by atoms with Gasteiger partial charge in [0.25, 0.3) is 0 Å². The van der Waals surface area contributed by atoms with Gasteiger partial charge in [-0.05, 0) is 48.2 Å². The van der Waals surface area contributed by atoms with Gasteiger partial charge >= 0.3 is 12.1 Å². The van der Waals surface area contributed by atoms with E-state index in [-0.39, 0.29) is 11.4 Å². The second-order valence-electron chi connectivity index (χ2n) is 6.99. The number of halogens is 4. The molecular formula is C21H16F4N2O2. The molecule has 4 rings (SSSR count). The van der Waals surface area contributed by atoms with Crippen LogP contribution in [0.25, 0.3) is 0 Å². The van der Waals surface area contributed by atoms with E-state index in [4.69, 9.17) is 10.5 Å². The van der Waals surface area contributed by atoms with Crippen LogP contribution in [0.15, 0.2) is 58.7 Å². The number of nitrogens with zero attached hydrogens (tertiary/aromatic N) is 1. The van der Waals surface area contributed by atoms with Gasteiger partial charge in [0, 0.05) is 5.56 Å². The fourth-order valence-corrected chi connectivity index (χ4v) is 4.21. The molecule has 0 aromatic heterocycles. The van der Waals surface area contributed by atoms with Gasteiger partial charge in [-0.2, -0.15) is 13.2 Å². The first-order valence-electron chi connectivity index (χ1n) is 8.82. The Bertz CT molecular complexity index is 1070. The minimum atomic E-state index is -4.54. The number of hydrogen-bond acceptors (Lipinski definition) is 4. The summed E-state index contributed by atoms with van der Waals surface area (Å²) in [5.41, 5.74) is 6.07. The lowest BCUT2D eigenvalue weighted by Crippen LogP contribution is -2.36. The average Bonchev–Trinajstić information content (AvgIpc) is 3.07. The highest BCUT2D eigenvalue weighted by atomic mass is 19.4. The van der Waals surface area contributed by atoms with Gasteiger partial charge in [0.2, 0.25) is 0 Å². The zero-order chi connectivity index (χ0) is 21.0. The topological polar surface area (TPSA) is 64.7 Å². The van der Waals surface area contributed by atoms with Crippen LogP contribution in [0, 0.1) is 5.82 Å². The van der Waals surface area contributed by atoms with Crippen molar-refractivity contribution in [2.24, 2.45) is 10.7 Å². The van der Waals surface area contributed by atoms with E-state index in [1.807, 2.05) is 0 Å². The van der Waals surface area contributed by atoms with Crippen LogP contribution in [0.2, 0.25) is 0 Å². The van der Waals surface area contributed by atoms with Crippen molar-refractivity contribution >= 4 is 11.8 Å². The van der Waals surface area contributed by atoms with Gasteiger partial charge in [0.1, 0.15) is 11.7 Å². The number of carbonyl (C=O) groups excluding carboxylic acids is 1. The molecule has 0 amide bonds. The van der Waals surface area contributed by atoms with Crippen LogP contribution >= 0.6 is 0 Å². The number of fused-ring (bicyclic) bond motifs is 3. The number of allylic oxidation sites excluding steroid dienone is 1. The zero-order valence-corrected chi connectivity index (χ0v) is 15.3. The lowest BCUT2D eigenvalue weighted by atomic mass is 9.69. The maximum atomic E-state index is 13.5. The summed E-state index contributed by atoms with van der Waals surface area (Å²) in [5.74, 6) is -1.13. The molecule has 2 aliphatic rings. The van der Waals surface area contributed by atoms with Crippen LogP contribution in [0.1, 0.15) is 35.1 Å². The molecule has 2 N–H and O–H groups in total. The number of amidine groups is 1. The van der Waals surface area contributed by atoms with Gasteiger partial charge < -0.3 is 10.5 Å². The second kappa shape index (κ2) is 6.43. The molecule has 0 saturated heterocycles. The maximum absolute atomic E-state index is 13.5. The predicted octanol–water partition coefficient (Wildman–Crippen LogP) is 4.07. The van der Waals surface area contributed by atoms with Gasteiger partial charge in [-0.25, -0.2) is 14.2 Å². The molecule has 0 radical (unpaired) electrons. The van der Waals surface area contributed by atoms with Crippen molar-refractivity contribution in [1.82, 2.24) is 0 Å². The van der Waals surface area contributed by atoms with Crippen LogP contribution in [0.3, 0.4) is 0 Å². The third-order valence-corrected chi connectivity index (χ3v) is 5.52. The van der Waals surface area contributed by atoms with Crippen LogP contribution in [-0.4, -0.2) is 18.9 Å². The van der Waals surface area contributed by atoms with Crippen molar-refractivity contribution in [1.29, 1.82) is 0 Å². The Balaban J connectivity index is 2.04. The second-order valence-corrected chi connectivity index (χ2v) is 6.99. The molecule has 0 spiro atoms. The summed E-state index contributed by atoms with van der Waals surface area (Å²) in [6.45, 7) is 0. The van der Waals surface area contributed by atoms with E-state index in [9.17, 15) is 22.4 Å². The molecule has 2 aromatic carbocycles. The Labute approximate surface area is 163 Å². The molecule has 4 nitrogen and oxygen atoms in total. The number of nitrogens with two attached hydrogens (primary N) is 1.